The molecule has 3 heteroatoms. The van der Waals surface area contributed by atoms with E-state index in [1.165, 1.54) is 22.4 Å². The summed E-state index contributed by atoms with van der Waals surface area (Å²) in [5, 5.41) is 3.57. The van der Waals surface area contributed by atoms with E-state index < -0.39 is 0 Å². The van der Waals surface area contributed by atoms with Crippen molar-refractivity contribution in [1.29, 1.82) is 0 Å². The number of hydrogen-bond acceptors (Lipinski definition) is 3. The van der Waals surface area contributed by atoms with Crippen molar-refractivity contribution in [2.45, 2.75) is 39.7 Å². The van der Waals surface area contributed by atoms with Gasteiger partial charge in [-0.2, -0.15) is 0 Å². The first-order valence-corrected chi connectivity index (χ1v) is 8.13. The van der Waals surface area contributed by atoms with Crippen LogP contribution in [0, 0.1) is 6.92 Å². The first kappa shape index (κ1) is 15.6. The van der Waals surface area contributed by atoms with E-state index in [1.54, 1.807) is 7.11 Å². The number of aryl methyl sites for hydroxylation is 1. The zero-order chi connectivity index (χ0) is 16.6. The molecule has 1 heterocycles. The van der Waals surface area contributed by atoms with E-state index in [1.807, 2.05) is 12.1 Å². The highest BCUT2D eigenvalue weighted by atomic mass is 16.5. The zero-order valence-electron chi connectivity index (χ0n) is 14.5. The summed E-state index contributed by atoms with van der Waals surface area (Å²) in [6, 6.07) is 12.8. The molecular weight excluding hydrogens is 284 g/mol. The van der Waals surface area contributed by atoms with Crippen LogP contribution in [0.25, 0.3) is 0 Å². The van der Waals surface area contributed by atoms with Gasteiger partial charge in [0.05, 0.1) is 13.2 Å². The number of fused-ring (bicyclic) bond motifs is 1. The maximum absolute atomic E-state index is 5.40. The molecule has 1 aliphatic rings. The van der Waals surface area contributed by atoms with Gasteiger partial charge in [0.1, 0.15) is 11.6 Å². The van der Waals surface area contributed by atoms with E-state index in [0.717, 1.165) is 17.1 Å². The number of amidine groups is 1. The molecule has 0 amide bonds. The molecule has 0 fully saturated rings. The van der Waals surface area contributed by atoms with Gasteiger partial charge >= 0.3 is 0 Å². The molecule has 1 aliphatic heterocycles. The van der Waals surface area contributed by atoms with Crippen LogP contribution in [0.5, 0.6) is 5.75 Å². The summed E-state index contributed by atoms with van der Waals surface area (Å²) in [7, 11) is 1.70. The molecule has 120 valence electrons. The molecule has 2 aromatic rings. The zero-order valence-corrected chi connectivity index (χ0v) is 14.5. The molecule has 3 nitrogen and oxygen atoms in total. The standard InChI is InChI=1S/C20H24N2O/c1-12(2)17-7-6-8-18-14(4)21-20(22-19(17)18)15-9-13(3)10-16(11-15)23-5/h6-12,14H,1-5H3,(H,21,22). The summed E-state index contributed by atoms with van der Waals surface area (Å²) in [5.41, 5.74) is 6.04. The number of rotatable bonds is 3. The van der Waals surface area contributed by atoms with Crippen LogP contribution in [-0.4, -0.2) is 12.9 Å². The fourth-order valence-corrected chi connectivity index (χ4v) is 3.13. The molecule has 0 saturated heterocycles. The van der Waals surface area contributed by atoms with Gasteiger partial charge in [-0.3, -0.25) is 4.99 Å². The number of benzene rings is 2. The molecule has 3 rings (SSSR count). The maximum atomic E-state index is 5.40. The third kappa shape index (κ3) is 2.96. The monoisotopic (exact) mass is 308 g/mol. The van der Waals surface area contributed by atoms with Crippen molar-refractivity contribution in [2.75, 3.05) is 12.4 Å². The minimum absolute atomic E-state index is 0.145. The molecule has 0 bridgehead atoms. The Morgan fingerprint density at radius 2 is 1.96 bits per heavy atom. The molecular formula is C20H24N2O. The normalized spacial score (nSPS) is 16.6. The lowest BCUT2D eigenvalue weighted by Gasteiger charge is -2.27. The van der Waals surface area contributed by atoms with Crippen LogP contribution >= 0.6 is 0 Å². The molecule has 1 unspecified atom stereocenters. The Labute approximate surface area is 138 Å². The van der Waals surface area contributed by atoms with Crippen molar-refractivity contribution in [2.24, 2.45) is 4.99 Å². The van der Waals surface area contributed by atoms with E-state index in [0.29, 0.717) is 5.92 Å². The van der Waals surface area contributed by atoms with Gasteiger partial charge in [-0.25, -0.2) is 0 Å². The molecule has 0 aliphatic carbocycles. The second-order valence-electron chi connectivity index (χ2n) is 6.48. The lowest BCUT2D eigenvalue weighted by atomic mass is 9.93. The van der Waals surface area contributed by atoms with Crippen molar-refractivity contribution in [1.82, 2.24) is 0 Å². The van der Waals surface area contributed by atoms with Gasteiger partial charge < -0.3 is 10.1 Å². The van der Waals surface area contributed by atoms with Crippen molar-refractivity contribution in [3.05, 3.63) is 58.7 Å². The minimum Gasteiger partial charge on any atom is -0.497 e. The molecule has 0 radical (unpaired) electrons. The quantitative estimate of drug-likeness (QED) is 0.859. The number of methoxy groups -OCH3 is 1. The lowest BCUT2D eigenvalue weighted by Crippen LogP contribution is -2.22. The van der Waals surface area contributed by atoms with E-state index in [9.17, 15) is 0 Å². The summed E-state index contributed by atoms with van der Waals surface area (Å²) in [6.07, 6.45) is 0. The predicted octanol–water partition coefficient (Wildman–Crippen LogP) is 5.06. The number of anilines is 1. The first-order chi connectivity index (χ1) is 11.0. The number of nitrogens with one attached hydrogen (secondary N) is 1. The molecule has 0 spiro atoms. The molecule has 0 aromatic heterocycles. The Morgan fingerprint density at radius 1 is 1.17 bits per heavy atom. The Balaban J connectivity index is 2.07. The van der Waals surface area contributed by atoms with Crippen molar-refractivity contribution in [3.8, 4) is 5.75 Å². The van der Waals surface area contributed by atoms with Crippen LogP contribution in [0.2, 0.25) is 0 Å². The van der Waals surface area contributed by atoms with Gasteiger partial charge in [0, 0.05) is 16.8 Å². The summed E-state index contributed by atoms with van der Waals surface area (Å²) in [4.78, 5) is 4.86. The predicted molar refractivity (Wildman–Crippen MR) is 96.8 cm³/mol. The maximum Gasteiger partial charge on any atom is 0.133 e. The summed E-state index contributed by atoms with van der Waals surface area (Å²) < 4.78 is 5.40. The van der Waals surface area contributed by atoms with Crippen molar-refractivity contribution in [3.63, 3.8) is 0 Å². The molecule has 2 aromatic carbocycles. The van der Waals surface area contributed by atoms with Crippen LogP contribution in [0.15, 0.2) is 41.4 Å². The Kier molecular flexibility index (Phi) is 4.12. The molecule has 1 atom stereocenters. The van der Waals surface area contributed by atoms with Gasteiger partial charge in [0.15, 0.2) is 0 Å². The summed E-state index contributed by atoms with van der Waals surface area (Å²) in [6.45, 7) is 8.68. The minimum atomic E-state index is 0.145. The second kappa shape index (κ2) is 6.07. The van der Waals surface area contributed by atoms with E-state index in [4.69, 9.17) is 9.73 Å². The third-order valence-electron chi connectivity index (χ3n) is 4.33. The Hall–Kier alpha value is -2.29. The number of para-hydroxylation sites is 1. The molecule has 1 N–H and O–H groups in total. The molecule has 23 heavy (non-hydrogen) atoms. The SMILES string of the molecule is COc1cc(C)cc(C2=NC(C)c3cccc(C(C)C)c3N2)c1. The highest BCUT2D eigenvalue weighted by Gasteiger charge is 2.22. The summed E-state index contributed by atoms with van der Waals surface area (Å²) in [5.74, 6) is 2.25. The fourth-order valence-electron chi connectivity index (χ4n) is 3.13. The lowest BCUT2D eigenvalue weighted by molar-refractivity contribution is 0.414. The van der Waals surface area contributed by atoms with Gasteiger partial charge in [-0.1, -0.05) is 32.0 Å². The number of hydrogen-bond donors (Lipinski definition) is 1. The molecule has 0 saturated carbocycles. The van der Waals surface area contributed by atoms with E-state index >= 15 is 0 Å². The van der Waals surface area contributed by atoms with Gasteiger partial charge in [-0.05, 0) is 49.1 Å². The van der Waals surface area contributed by atoms with Gasteiger partial charge in [-0.15, -0.1) is 0 Å². The van der Waals surface area contributed by atoms with Crippen LogP contribution < -0.4 is 10.1 Å². The average molecular weight is 308 g/mol. The van der Waals surface area contributed by atoms with Crippen LogP contribution in [-0.2, 0) is 0 Å². The summed E-state index contributed by atoms with van der Waals surface area (Å²) >= 11 is 0. The van der Waals surface area contributed by atoms with Crippen LogP contribution in [0.3, 0.4) is 0 Å². The van der Waals surface area contributed by atoms with Crippen LogP contribution in [0.4, 0.5) is 5.69 Å². The topological polar surface area (TPSA) is 33.6 Å². The van der Waals surface area contributed by atoms with Crippen LogP contribution in [0.1, 0.15) is 55.0 Å². The van der Waals surface area contributed by atoms with Gasteiger partial charge in [0.25, 0.3) is 0 Å². The number of nitrogens with zero attached hydrogens (tertiary/aromatic N) is 1. The highest BCUT2D eigenvalue weighted by molar-refractivity contribution is 6.10. The first-order valence-electron chi connectivity index (χ1n) is 8.13. The fraction of sp³-hybridized carbons (Fsp3) is 0.350. The van der Waals surface area contributed by atoms with E-state index in [-0.39, 0.29) is 6.04 Å². The van der Waals surface area contributed by atoms with Crippen molar-refractivity contribution >= 4 is 11.5 Å². The number of ether oxygens (including phenoxy) is 1. The van der Waals surface area contributed by atoms with E-state index in [2.05, 4.69) is 57.3 Å². The smallest absolute Gasteiger partial charge is 0.133 e. The third-order valence-corrected chi connectivity index (χ3v) is 4.33. The second-order valence-corrected chi connectivity index (χ2v) is 6.48. The average Bonchev–Trinajstić information content (AvgIpc) is 2.53. The Morgan fingerprint density at radius 3 is 2.65 bits per heavy atom. The number of aliphatic imine (C=N–C) groups is 1. The van der Waals surface area contributed by atoms with Gasteiger partial charge in [0.2, 0.25) is 0 Å². The highest BCUT2D eigenvalue weighted by Crippen LogP contribution is 2.36. The Bertz CT molecular complexity index is 762. The largest absolute Gasteiger partial charge is 0.497 e. The van der Waals surface area contributed by atoms with Crippen molar-refractivity contribution < 1.29 is 4.74 Å².